The van der Waals surface area contributed by atoms with Crippen molar-refractivity contribution in [3.05, 3.63) is 95.7 Å². The lowest BCUT2D eigenvalue weighted by Gasteiger charge is -2.29. The molecule has 24 heteroatoms. The van der Waals surface area contributed by atoms with E-state index in [0.29, 0.717) is 58.6 Å². The third kappa shape index (κ3) is 13.6. The number of halogens is 1. The number of carbonyl (C=O) groups excluding carboxylic acids is 8. The van der Waals surface area contributed by atoms with Crippen LogP contribution in [-0.2, 0) is 40.1 Å². The molecule has 8 rings (SSSR count). The van der Waals surface area contributed by atoms with E-state index < -0.39 is 66.0 Å². The Morgan fingerprint density at radius 1 is 0.805 bits per heavy atom. The summed E-state index contributed by atoms with van der Waals surface area (Å²) >= 11 is 6.54. The Bertz CT molecular complexity index is 3250. The lowest BCUT2D eigenvalue weighted by molar-refractivity contribution is -0.140. The third-order valence-electron chi connectivity index (χ3n) is 14.9. The fourth-order valence-corrected chi connectivity index (χ4v) is 10.7. The first kappa shape index (κ1) is 59.7. The summed E-state index contributed by atoms with van der Waals surface area (Å²) in [6.07, 6.45) is -1.49. The van der Waals surface area contributed by atoms with Crippen molar-refractivity contribution in [1.29, 1.82) is 0 Å². The van der Waals surface area contributed by atoms with Crippen LogP contribution in [0.5, 0.6) is 11.5 Å². The van der Waals surface area contributed by atoms with Gasteiger partial charge in [-0.15, -0.1) is 11.6 Å². The number of likely N-dealkylation sites (N-methyl/N-ethyl adjacent to an activating group) is 3. The molecule has 8 amide bonds. The smallest absolute Gasteiger partial charge is 0.415 e. The van der Waals surface area contributed by atoms with Gasteiger partial charge in [-0.25, -0.2) is 9.59 Å². The number of likely N-dealkylation sites (tertiary alicyclic amines) is 1. The molecule has 436 valence electrons. The van der Waals surface area contributed by atoms with E-state index in [1.807, 2.05) is 44.3 Å². The molecule has 1 aromatic heterocycles. The zero-order chi connectivity index (χ0) is 58.9. The second kappa shape index (κ2) is 26.4. The van der Waals surface area contributed by atoms with Crippen LogP contribution in [0.3, 0.4) is 0 Å². The van der Waals surface area contributed by atoms with Crippen molar-refractivity contribution < 1.29 is 66.9 Å². The van der Waals surface area contributed by atoms with Crippen molar-refractivity contribution >= 4 is 98.3 Å². The highest BCUT2D eigenvalue weighted by molar-refractivity contribution is 6.19. The molecule has 0 bridgehead atoms. The van der Waals surface area contributed by atoms with Crippen LogP contribution in [0, 0.1) is 0 Å². The average molecular weight is 1150 g/mol. The quantitative estimate of drug-likeness (QED) is 0.0408. The largest absolute Gasteiger partial charge is 0.492 e. The van der Waals surface area contributed by atoms with Gasteiger partial charge >= 0.3 is 18.2 Å². The van der Waals surface area contributed by atoms with Crippen LogP contribution in [0.1, 0.15) is 80.5 Å². The first-order chi connectivity index (χ1) is 39.3. The predicted octanol–water partition coefficient (Wildman–Crippen LogP) is 5.34. The van der Waals surface area contributed by atoms with E-state index in [4.69, 9.17) is 35.3 Å². The molecule has 2 fully saturated rings. The van der Waals surface area contributed by atoms with Crippen LogP contribution < -0.4 is 40.5 Å². The Morgan fingerprint density at radius 2 is 1.50 bits per heavy atom. The number of carbonyl (C=O) groups is 9. The number of furan rings is 1. The zero-order valence-corrected chi connectivity index (χ0v) is 47.3. The van der Waals surface area contributed by atoms with Gasteiger partial charge in [-0.05, 0) is 93.6 Å². The molecule has 4 heterocycles. The Labute approximate surface area is 478 Å². The number of rotatable bonds is 23. The van der Waals surface area contributed by atoms with Crippen molar-refractivity contribution in [1.82, 2.24) is 36.0 Å². The van der Waals surface area contributed by atoms with Gasteiger partial charge in [0.05, 0.1) is 12.1 Å². The van der Waals surface area contributed by atoms with Crippen molar-refractivity contribution in [2.75, 3.05) is 76.2 Å². The molecule has 3 aliphatic heterocycles. The molecule has 4 aromatic carbocycles. The standard InChI is InChI=1S/C58H68ClN9O14/c1-33-25-43(62-50(70)19-20-61-49(69)17-18-51(71)72)54(74)67(33)35(3)53(73)63-44-26-34(2)68(55(44)75)39-13-11-36(12-14-39)32-80-57(77)64(5)22-23-65(6)58(78)82-47-29-45-52(42-10-8-7-9-41(42)47)38(30-59)31-66(45)56(76)48-28-37-27-40(79-24-21-60-4)15-16-46(37)81-48/h7-16,27-29,33-35,38,43-44,60H,17-26,30-32H2,1-6H3,(H,61,69)(H,62,70)(H,63,73)(H,71,72)/t33?,34?,35-,38+,43-,44-/m0/s1. The number of nitrogens with zero attached hydrogens (tertiary/aromatic N) is 5. The number of anilines is 2. The number of benzene rings is 4. The molecule has 2 saturated heterocycles. The molecule has 23 nitrogen and oxygen atoms in total. The van der Waals surface area contributed by atoms with E-state index in [1.54, 1.807) is 79.2 Å². The molecular weight excluding hydrogens is 1080 g/mol. The Kier molecular flexibility index (Phi) is 19.2. The number of ether oxygens (including phenoxy) is 3. The van der Waals surface area contributed by atoms with Crippen LogP contribution in [0.2, 0.25) is 0 Å². The summed E-state index contributed by atoms with van der Waals surface area (Å²) in [5, 5.41) is 21.9. The van der Waals surface area contributed by atoms with Crippen LogP contribution in [-0.4, -0.2) is 170 Å². The molecule has 5 aromatic rings. The molecule has 5 N–H and O–H groups in total. The molecule has 3 aliphatic rings. The number of amides is 8. The number of aliphatic carboxylic acids is 1. The lowest BCUT2D eigenvalue weighted by Crippen LogP contribution is -2.53. The SMILES string of the molecule is CNCCOc1ccc2oc(C(=O)N3C[C@@H](CCl)c4c3cc(OC(=O)N(C)CCN(C)C(=O)OCc3ccc(N5C(=O)[C@@H](NC(=O)[C@H](C)N6C(=O)[C@@H](NC(=O)CCNC(=O)CCC(=O)O)CC6C)CC5C)cc3)c3ccccc43)cc2c1. The molecule has 82 heavy (non-hydrogen) atoms. The second-order valence-corrected chi connectivity index (χ2v) is 21.1. The fraction of sp³-hybridized carbons (Fsp3) is 0.431. The topological polar surface area (TPSA) is 279 Å². The first-order valence-electron chi connectivity index (χ1n) is 27.1. The highest BCUT2D eigenvalue weighted by atomic mass is 35.5. The van der Waals surface area contributed by atoms with E-state index in [9.17, 15) is 43.2 Å². The number of carboxylic acid groups (broad SMARTS) is 1. The number of carboxylic acids is 1. The maximum atomic E-state index is 14.2. The van der Waals surface area contributed by atoms with E-state index in [0.717, 1.165) is 10.9 Å². The highest BCUT2D eigenvalue weighted by Gasteiger charge is 2.45. The minimum absolute atomic E-state index is 0.0401. The Morgan fingerprint density at radius 3 is 2.21 bits per heavy atom. The lowest BCUT2D eigenvalue weighted by atomic mass is 9.95. The van der Waals surface area contributed by atoms with Crippen molar-refractivity contribution in [2.24, 2.45) is 0 Å². The predicted molar refractivity (Wildman–Crippen MR) is 303 cm³/mol. The van der Waals surface area contributed by atoms with Gasteiger partial charge in [-0.2, -0.15) is 0 Å². The minimum atomic E-state index is -1.11. The van der Waals surface area contributed by atoms with E-state index >= 15 is 0 Å². The Hall–Kier alpha value is -8.44. The normalized spacial score (nSPS) is 18.8. The number of hydrogen-bond donors (Lipinski definition) is 5. The maximum Gasteiger partial charge on any atom is 0.415 e. The van der Waals surface area contributed by atoms with E-state index in [1.165, 1.54) is 21.7 Å². The van der Waals surface area contributed by atoms with Crippen molar-refractivity contribution in [2.45, 2.75) is 95.6 Å². The van der Waals surface area contributed by atoms with E-state index in [2.05, 4.69) is 21.3 Å². The second-order valence-electron chi connectivity index (χ2n) is 20.8. The van der Waals surface area contributed by atoms with Gasteiger partial charge < -0.3 is 69.5 Å². The maximum absolute atomic E-state index is 14.2. The van der Waals surface area contributed by atoms with Gasteiger partial charge in [0, 0.05) is 106 Å². The fourth-order valence-electron chi connectivity index (χ4n) is 10.5. The summed E-state index contributed by atoms with van der Waals surface area (Å²) in [4.78, 5) is 124. The van der Waals surface area contributed by atoms with Gasteiger partial charge in [-0.3, -0.25) is 33.6 Å². The van der Waals surface area contributed by atoms with Crippen LogP contribution >= 0.6 is 11.6 Å². The molecule has 0 radical (unpaired) electrons. The monoisotopic (exact) mass is 1150 g/mol. The molecule has 0 aliphatic carbocycles. The number of hydrogen-bond acceptors (Lipinski definition) is 14. The summed E-state index contributed by atoms with van der Waals surface area (Å²) in [6.45, 7) is 6.63. The van der Waals surface area contributed by atoms with Gasteiger partial charge in [0.1, 0.15) is 48.4 Å². The summed E-state index contributed by atoms with van der Waals surface area (Å²) in [5.74, 6) is -2.81. The Balaban J connectivity index is 0.802. The number of nitrogens with one attached hydrogen (secondary N) is 4. The summed E-state index contributed by atoms with van der Waals surface area (Å²) in [7, 11) is 4.92. The van der Waals surface area contributed by atoms with Gasteiger partial charge in [0.2, 0.25) is 29.5 Å². The van der Waals surface area contributed by atoms with Crippen molar-refractivity contribution in [3.8, 4) is 11.5 Å². The van der Waals surface area contributed by atoms with Gasteiger partial charge in [0.15, 0.2) is 5.76 Å². The summed E-state index contributed by atoms with van der Waals surface area (Å²) < 4.78 is 23.5. The molecule has 0 spiro atoms. The first-order valence-corrected chi connectivity index (χ1v) is 27.7. The highest BCUT2D eigenvalue weighted by Crippen LogP contribution is 2.46. The van der Waals surface area contributed by atoms with Gasteiger partial charge in [-0.1, -0.05) is 36.4 Å². The third-order valence-corrected chi connectivity index (χ3v) is 15.3. The zero-order valence-electron chi connectivity index (χ0n) is 46.5. The number of fused-ring (bicyclic) bond motifs is 4. The van der Waals surface area contributed by atoms with Crippen LogP contribution in [0.4, 0.5) is 21.0 Å². The van der Waals surface area contributed by atoms with Crippen molar-refractivity contribution in [3.63, 3.8) is 0 Å². The molecule has 0 saturated carbocycles. The van der Waals surface area contributed by atoms with Crippen LogP contribution in [0.25, 0.3) is 21.7 Å². The minimum Gasteiger partial charge on any atom is -0.492 e. The molecule has 6 atom stereocenters. The van der Waals surface area contributed by atoms with Gasteiger partial charge in [0.25, 0.3) is 5.91 Å². The summed E-state index contributed by atoms with van der Waals surface area (Å²) in [6, 6.07) is 19.6. The average Bonchev–Trinajstić information content (AvgIpc) is 4.40. The van der Waals surface area contributed by atoms with E-state index in [-0.39, 0.29) is 99.6 Å². The molecular formula is C58H68ClN9O14. The summed E-state index contributed by atoms with van der Waals surface area (Å²) in [5.41, 5.74) is 3.13. The molecule has 2 unspecified atom stereocenters. The number of alkyl halides is 1. The van der Waals surface area contributed by atoms with Crippen LogP contribution in [0.15, 0.2) is 83.3 Å².